The van der Waals surface area contributed by atoms with Crippen molar-refractivity contribution >= 4 is 17.5 Å². The summed E-state index contributed by atoms with van der Waals surface area (Å²) in [6.07, 6.45) is 5.32. The highest BCUT2D eigenvalue weighted by Crippen LogP contribution is 2.37. The van der Waals surface area contributed by atoms with Crippen LogP contribution in [0.5, 0.6) is 5.75 Å². The number of nitrogens with zero attached hydrogens (tertiary/aromatic N) is 1. The first kappa shape index (κ1) is 12.0. The van der Waals surface area contributed by atoms with Gasteiger partial charge < -0.3 is 4.74 Å². The smallest absolute Gasteiger partial charge is 0.238 e. The van der Waals surface area contributed by atoms with E-state index in [1.165, 1.54) is 4.90 Å². The standard InChI is InChI=1S/C15H15NO3/c1-19-11-8-6-10(7-9-11)16-14(17)12-4-2-3-5-13(12)15(16)18/h2-3,6-9,12-13H,4-5H2,1H3/t12-,13-/m1/s1. The Bertz CT molecular complexity index is 521. The van der Waals surface area contributed by atoms with Crippen LogP contribution in [0, 0.1) is 11.8 Å². The predicted molar refractivity (Wildman–Crippen MR) is 70.8 cm³/mol. The summed E-state index contributed by atoms with van der Waals surface area (Å²) < 4.78 is 5.08. The van der Waals surface area contributed by atoms with Crippen molar-refractivity contribution in [2.75, 3.05) is 12.0 Å². The number of allylic oxidation sites excluding steroid dienone is 2. The number of amides is 2. The second-order valence-electron chi connectivity index (χ2n) is 4.87. The topological polar surface area (TPSA) is 46.6 Å². The Hall–Kier alpha value is -2.10. The predicted octanol–water partition coefficient (Wildman–Crippen LogP) is 2.15. The molecule has 0 radical (unpaired) electrons. The summed E-state index contributed by atoms with van der Waals surface area (Å²) in [7, 11) is 1.58. The molecule has 0 aromatic heterocycles. The first-order chi connectivity index (χ1) is 9.22. The van der Waals surface area contributed by atoms with Crippen LogP contribution >= 0.6 is 0 Å². The van der Waals surface area contributed by atoms with Crippen LogP contribution in [0.25, 0.3) is 0 Å². The molecule has 0 N–H and O–H groups in total. The lowest BCUT2D eigenvalue weighted by Crippen LogP contribution is -2.30. The molecule has 0 bridgehead atoms. The highest BCUT2D eigenvalue weighted by Gasteiger charge is 2.47. The minimum atomic E-state index is -0.181. The van der Waals surface area contributed by atoms with Gasteiger partial charge in [0, 0.05) is 0 Å². The van der Waals surface area contributed by atoms with Crippen molar-refractivity contribution in [2.45, 2.75) is 12.8 Å². The van der Waals surface area contributed by atoms with Crippen LogP contribution in [0.4, 0.5) is 5.69 Å². The van der Waals surface area contributed by atoms with E-state index in [-0.39, 0.29) is 23.7 Å². The molecule has 2 atom stereocenters. The quantitative estimate of drug-likeness (QED) is 0.602. The third-order valence-electron chi connectivity index (χ3n) is 3.84. The molecule has 2 amide bonds. The highest BCUT2D eigenvalue weighted by molar-refractivity contribution is 6.22. The summed E-state index contributed by atoms with van der Waals surface area (Å²) in [6, 6.07) is 7.02. The maximum atomic E-state index is 12.3. The molecule has 1 saturated heterocycles. The number of anilines is 1. The van der Waals surface area contributed by atoms with Crippen LogP contribution in [-0.2, 0) is 9.59 Å². The lowest BCUT2D eigenvalue weighted by molar-refractivity contribution is -0.122. The molecule has 0 spiro atoms. The second kappa shape index (κ2) is 4.53. The number of rotatable bonds is 2. The molecular formula is C15H15NO3. The number of fused-ring (bicyclic) bond motifs is 1. The van der Waals surface area contributed by atoms with Crippen molar-refractivity contribution in [2.24, 2.45) is 11.8 Å². The summed E-state index contributed by atoms with van der Waals surface area (Å²) in [6.45, 7) is 0. The van der Waals surface area contributed by atoms with Crippen molar-refractivity contribution in [3.05, 3.63) is 36.4 Å². The zero-order valence-electron chi connectivity index (χ0n) is 10.7. The maximum absolute atomic E-state index is 12.3. The van der Waals surface area contributed by atoms with Gasteiger partial charge in [0.05, 0.1) is 24.6 Å². The number of carbonyl (C=O) groups is 2. The largest absolute Gasteiger partial charge is 0.497 e. The van der Waals surface area contributed by atoms with Crippen LogP contribution < -0.4 is 9.64 Å². The monoisotopic (exact) mass is 257 g/mol. The van der Waals surface area contributed by atoms with E-state index in [1.54, 1.807) is 31.4 Å². The Morgan fingerprint density at radius 1 is 1.00 bits per heavy atom. The van der Waals surface area contributed by atoms with Gasteiger partial charge in [0.25, 0.3) is 0 Å². The fourth-order valence-electron chi connectivity index (χ4n) is 2.79. The Morgan fingerprint density at radius 2 is 1.53 bits per heavy atom. The summed E-state index contributed by atoms with van der Waals surface area (Å²) in [5.74, 6) is 0.190. The molecule has 1 aromatic rings. The number of carbonyl (C=O) groups excluding carboxylic acids is 2. The number of ether oxygens (including phenoxy) is 1. The molecule has 1 heterocycles. The van der Waals surface area contributed by atoms with E-state index >= 15 is 0 Å². The lowest BCUT2D eigenvalue weighted by Gasteiger charge is -2.15. The summed E-state index contributed by atoms with van der Waals surface area (Å²) in [4.78, 5) is 26.0. The van der Waals surface area contributed by atoms with Crippen LogP contribution in [0.3, 0.4) is 0 Å². The van der Waals surface area contributed by atoms with Gasteiger partial charge in [0.15, 0.2) is 0 Å². The van der Waals surface area contributed by atoms with E-state index < -0.39 is 0 Å². The first-order valence-electron chi connectivity index (χ1n) is 6.39. The minimum Gasteiger partial charge on any atom is -0.497 e. The molecule has 0 saturated carbocycles. The van der Waals surface area contributed by atoms with Crippen LogP contribution in [0.15, 0.2) is 36.4 Å². The van der Waals surface area contributed by atoms with E-state index in [4.69, 9.17) is 4.74 Å². The van der Waals surface area contributed by atoms with Gasteiger partial charge in [-0.2, -0.15) is 0 Å². The Labute approximate surface area is 111 Å². The fraction of sp³-hybridized carbons (Fsp3) is 0.333. The van der Waals surface area contributed by atoms with Gasteiger partial charge in [-0.15, -0.1) is 0 Å². The molecule has 1 aromatic carbocycles. The number of hydrogen-bond acceptors (Lipinski definition) is 3. The van der Waals surface area contributed by atoms with Crippen LogP contribution in [0.2, 0.25) is 0 Å². The van der Waals surface area contributed by atoms with E-state index in [1.807, 2.05) is 12.2 Å². The van der Waals surface area contributed by atoms with Crippen molar-refractivity contribution in [1.82, 2.24) is 0 Å². The minimum absolute atomic E-state index is 0.0792. The molecule has 1 fully saturated rings. The highest BCUT2D eigenvalue weighted by atomic mass is 16.5. The third-order valence-corrected chi connectivity index (χ3v) is 3.84. The van der Waals surface area contributed by atoms with Crippen molar-refractivity contribution < 1.29 is 14.3 Å². The van der Waals surface area contributed by atoms with Gasteiger partial charge in [0.1, 0.15) is 5.75 Å². The maximum Gasteiger partial charge on any atom is 0.238 e. The van der Waals surface area contributed by atoms with Gasteiger partial charge in [-0.25, -0.2) is 0 Å². The van der Waals surface area contributed by atoms with E-state index in [9.17, 15) is 9.59 Å². The van der Waals surface area contributed by atoms with E-state index in [0.29, 0.717) is 24.3 Å². The number of imide groups is 1. The number of benzene rings is 1. The van der Waals surface area contributed by atoms with Crippen molar-refractivity contribution in [3.8, 4) is 5.75 Å². The van der Waals surface area contributed by atoms with Gasteiger partial charge in [0.2, 0.25) is 11.8 Å². The first-order valence-corrected chi connectivity index (χ1v) is 6.39. The van der Waals surface area contributed by atoms with Gasteiger partial charge >= 0.3 is 0 Å². The molecule has 2 aliphatic rings. The molecule has 4 nitrogen and oxygen atoms in total. The molecule has 19 heavy (non-hydrogen) atoms. The van der Waals surface area contributed by atoms with Gasteiger partial charge in [-0.05, 0) is 37.1 Å². The van der Waals surface area contributed by atoms with Gasteiger partial charge in [-0.1, -0.05) is 12.2 Å². The summed E-state index contributed by atoms with van der Waals surface area (Å²) in [5, 5.41) is 0. The molecule has 1 aliphatic heterocycles. The SMILES string of the molecule is COc1ccc(N2C(=O)[C@@H]3CC=CC[C@H]3C2=O)cc1. The molecular weight excluding hydrogens is 242 g/mol. The Kier molecular flexibility index (Phi) is 2.85. The summed E-state index contributed by atoms with van der Waals surface area (Å²) in [5.41, 5.74) is 0.630. The van der Waals surface area contributed by atoms with Crippen LogP contribution in [-0.4, -0.2) is 18.9 Å². The Morgan fingerprint density at radius 3 is 2.00 bits per heavy atom. The fourth-order valence-corrected chi connectivity index (χ4v) is 2.79. The normalized spacial score (nSPS) is 25.6. The van der Waals surface area contributed by atoms with Gasteiger partial charge in [-0.3, -0.25) is 14.5 Å². The average molecular weight is 257 g/mol. The van der Waals surface area contributed by atoms with Crippen molar-refractivity contribution in [1.29, 1.82) is 0 Å². The summed E-state index contributed by atoms with van der Waals surface area (Å²) >= 11 is 0. The molecule has 0 unspecified atom stereocenters. The molecule has 4 heteroatoms. The second-order valence-corrected chi connectivity index (χ2v) is 4.87. The zero-order chi connectivity index (χ0) is 13.4. The van der Waals surface area contributed by atoms with Crippen molar-refractivity contribution in [3.63, 3.8) is 0 Å². The number of hydrogen-bond donors (Lipinski definition) is 0. The van der Waals surface area contributed by atoms with E-state index in [2.05, 4.69) is 0 Å². The number of methoxy groups -OCH3 is 1. The Balaban J connectivity index is 1.92. The average Bonchev–Trinajstić information content (AvgIpc) is 2.72. The van der Waals surface area contributed by atoms with E-state index in [0.717, 1.165) is 0 Å². The lowest BCUT2D eigenvalue weighted by atomic mass is 9.85. The molecule has 3 rings (SSSR count). The molecule has 1 aliphatic carbocycles. The molecule has 98 valence electrons. The zero-order valence-corrected chi connectivity index (χ0v) is 10.7. The van der Waals surface area contributed by atoms with Crippen LogP contribution in [0.1, 0.15) is 12.8 Å². The third kappa shape index (κ3) is 1.84.